The topological polar surface area (TPSA) is 64.5 Å². The largest absolute Gasteiger partial charge is 0.465 e. The molecule has 2 N–H and O–H groups in total. The Hall–Kier alpha value is -2.36. The molecule has 0 radical (unpaired) electrons. The van der Waals surface area contributed by atoms with E-state index in [4.69, 9.17) is 26.4 Å². The van der Waals surface area contributed by atoms with E-state index in [1.54, 1.807) is 11.3 Å². The number of nitrogens with zero attached hydrogens (tertiary/aromatic N) is 1. The maximum atomic E-state index is 12.3. The Labute approximate surface area is 191 Å². The van der Waals surface area contributed by atoms with Crippen LogP contribution in [0.25, 0.3) is 0 Å². The number of anilines is 1. The molecule has 7 nitrogen and oxygen atoms in total. The van der Waals surface area contributed by atoms with E-state index < -0.39 is 0 Å². The molecular formula is C22H28N3O4S2+. The lowest BCUT2D eigenvalue weighted by atomic mass is 10.1. The van der Waals surface area contributed by atoms with Crippen LogP contribution in [0.5, 0.6) is 11.5 Å². The number of ether oxygens (including phenoxy) is 3. The van der Waals surface area contributed by atoms with Gasteiger partial charge < -0.3 is 29.3 Å². The minimum atomic E-state index is -0.315. The normalized spacial score (nSPS) is 15.8. The minimum absolute atomic E-state index is 0.302. The molecule has 4 rings (SSSR count). The van der Waals surface area contributed by atoms with Crippen molar-refractivity contribution >= 4 is 39.6 Å². The van der Waals surface area contributed by atoms with Crippen molar-refractivity contribution in [3.05, 3.63) is 39.8 Å². The van der Waals surface area contributed by atoms with Crippen molar-refractivity contribution in [3.63, 3.8) is 0 Å². The van der Waals surface area contributed by atoms with Gasteiger partial charge in [-0.3, -0.25) is 0 Å². The lowest BCUT2D eigenvalue weighted by Gasteiger charge is -2.33. The number of piperazine rings is 1. The number of esters is 1. The number of hydrogen-bond acceptors (Lipinski definition) is 6. The average Bonchev–Trinajstić information content (AvgIpc) is 3.36. The molecule has 2 aliphatic heterocycles. The van der Waals surface area contributed by atoms with E-state index >= 15 is 0 Å². The number of carbonyl (C=O) groups excluding carboxylic acids is 1. The monoisotopic (exact) mass is 462 g/mol. The van der Waals surface area contributed by atoms with Gasteiger partial charge in [0.1, 0.15) is 11.5 Å². The summed E-state index contributed by atoms with van der Waals surface area (Å²) >= 11 is 7.24. The molecule has 2 aliphatic rings. The molecule has 3 heterocycles. The Bertz CT molecular complexity index is 983. The van der Waals surface area contributed by atoms with Gasteiger partial charge in [-0.25, -0.2) is 4.79 Å². The van der Waals surface area contributed by atoms with Crippen molar-refractivity contribution in [1.82, 2.24) is 4.90 Å². The molecule has 1 aromatic heterocycles. The van der Waals surface area contributed by atoms with E-state index in [0.717, 1.165) is 66.1 Å². The van der Waals surface area contributed by atoms with Crippen LogP contribution < -0.4 is 19.7 Å². The van der Waals surface area contributed by atoms with Crippen molar-refractivity contribution in [3.8, 4) is 11.5 Å². The summed E-state index contributed by atoms with van der Waals surface area (Å²) in [6.45, 7) is 9.04. The molecule has 0 bridgehead atoms. The summed E-state index contributed by atoms with van der Waals surface area (Å²) in [6, 6.07) is 6.17. The highest BCUT2D eigenvalue weighted by molar-refractivity contribution is 7.80. The third kappa shape index (κ3) is 4.63. The fourth-order valence-corrected chi connectivity index (χ4v) is 5.61. The highest BCUT2D eigenvalue weighted by atomic mass is 32.1. The number of fused-ring (bicyclic) bond motifs is 1. The first-order valence-electron chi connectivity index (χ1n) is 10.5. The second-order valence-electron chi connectivity index (χ2n) is 7.72. The van der Waals surface area contributed by atoms with Gasteiger partial charge in [0.05, 0.1) is 38.9 Å². The number of benzene rings is 1. The third-order valence-electron chi connectivity index (χ3n) is 5.82. The van der Waals surface area contributed by atoms with E-state index in [1.807, 2.05) is 19.9 Å². The van der Waals surface area contributed by atoms with Crippen molar-refractivity contribution in [1.29, 1.82) is 0 Å². The summed E-state index contributed by atoms with van der Waals surface area (Å²) in [6.07, 6.45) is 0.781. The standard InChI is InChI=1S/C22H27N3O4S2/c1-4-16-14(2)31-20(19(16)21(26)27-3)23-22(30)25-9-7-24(8-10-25)12-15-5-6-17-18(11-15)29-13-28-17/h5-6,11H,4,7-10,12-13H2,1-3H3,(H,23,30)/p+1. The fraction of sp³-hybridized carbons (Fsp3) is 0.455. The Morgan fingerprint density at radius 2 is 2.03 bits per heavy atom. The van der Waals surface area contributed by atoms with Gasteiger partial charge in [0.2, 0.25) is 6.79 Å². The van der Waals surface area contributed by atoms with E-state index in [9.17, 15) is 4.79 Å². The van der Waals surface area contributed by atoms with E-state index in [0.29, 0.717) is 17.5 Å². The zero-order valence-electron chi connectivity index (χ0n) is 18.1. The number of carbonyl (C=O) groups is 1. The van der Waals surface area contributed by atoms with Crippen LogP contribution >= 0.6 is 23.6 Å². The van der Waals surface area contributed by atoms with Crippen LogP contribution in [0.2, 0.25) is 0 Å². The first-order chi connectivity index (χ1) is 15.0. The summed E-state index contributed by atoms with van der Waals surface area (Å²) in [5, 5.41) is 4.76. The molecule has 0 spiro atoms. The second kappa shape index (κ2) is 9.42. The number of thiocarbonyl (C=S) groups is 1. The molecule has 2 aromatic rings. The van der Waals surface area contributed by atoms with Gasteiger partial charge in [-0.05, 0) is 49.3 Å². The molecule has 1 aromatic carbocycles. The molecular weight excluding hydrogens is 434 g/mol. The Kier molecular flexibility index (Phi) is 6.64. The van der Waals surface area contributed by atoms with Crippen molar-refractivity contribution in [2.45, 2.75) is 26.8 Å². The summed E-state index contributed by atoms with van der Waals surface area (Å²) in [7, 11) is 1.42. The molecule has 0 amide bonds. The quantitative estimate of drug-likeness (QED) is 0.522. The molecule has 31 heavy (non-hydrogen) atoms. The van der Waals surface area contributed by atoms with Crippen molar-refractivity contribution < 1.29 is 23.9 Å². The number of thiophene rings is 1. The van der Waals surface area contributed by atoms with Crippen LogP contribution in [0.15, 0.2) is 18.2 Å². The summed E-state index contributed by atoms with van der Waals surface area (Å²) in [4.78, 5) is 17.1. The lowest BCUT2D eigenvalue weighted by molar-refractivity contribution is -0.917. The van der Waals surface area contributed by atoms with Gasteiger partial charge in [-0.2, -0.15) is 0 Å². The zero-order valence-corrected chi connectivity index (χ0v) is 19.7. The zero-order chi connectivity index (χ0) is 22.0. The first-order valence-corrected chi connectivity index (χ1v) is 11.7. The Morgan fingerprint density at radius 3 is 2.74 bits per heavy atom. The van der Waals surface area contributed by atoms with Gasteiger partial charge in [0.15, 0.2) is 16.6 Å². The molecule has 166 valence electrons. The van der Waals surface area contributed by atoms with E-state index in [1.165, 1.54) is 17.6 Å². The third-order valence-corrected chi connectivity index (χ3v) is 7.24. The highest BCUT2D eigenvalue weighted by Gasteiger charge is 2.26. The second-order valence-corrected chi connectivity index (χ2v) is 9.33. The van der Waals surface area contributed by atoms with Crippen LogP contribution in [-0.2, 0) is 17.7 Å². The van der Waals surface area contributed by atoms with Gasteiger partial charge in [0, 0.05) is 10.4 Å². The van der Waals surface area contributed by atoms with Gasteiger partial charge >= 0.3 is 5.97 Å². The molecule has 0 saturated carbocycles. The van der Waals surface area contributed by atoms with Crippen molar-refractivity contribution in [2.75, 3.05) is 45.4 Å². The summed E-state index contributed by atoms with van der Waals surface area (Å²) < 4.78 is 15.9. The van der Waals surface area contributed by atoms with Crippen molar-refractivity contribution in [2.24, 2.45) is 0 Å². The maximum Gasteiger partial charge on any atom is 0.341 e. The summed E-state index contributed by atoms with van der Waals surface area (Å²) in [5.74, 6) is 1.34. The van der Waals surface area contributed by atoms with Crippen LogP contribution in [0.1, 0.15) is 33.3 Å². The minimum Gasteiger partial charge on any atom is -0.465 e. The van der Waals surface area contributed by atoms with E-state index in [2.05, 4.69) is 22.3 Å². The Balaban J connectivity index is 1.35. The summed E-state index contributed by atoms with van der Waals surface area (Å²) in [5.41, 5.74) is 2.89. The molecule has 9 heteroatoms. The predicted octanol–water partition coefficient (Wildman–Crippen LogP) is 2.23. The van der Waals surface area contributed by atoms with Crippen LogP contribution in [0.3, 0.4) is 0 Å². The predicted molar refractivity (Wildman–Crippen MR) is 125 cm³/mol. The SMILES string of the molecule is CCc1c(C)sc(NC(=S)N2CC[NH+](Cc3ccc4c(c3)OCO4)CC2)c1C(=O)OC. The molecule has 0 unspecified atom stereocenters. The number of methoxy groups -OCH3 is 1. The molecule has 1 fully saturated rings. The number of aryl methyl sites for hydroxylation is 1. The smallest absolute Gasteiger partial charge is 0.341 e. The highest BCUT2D eigenvalue weighted by Crippen LogP contribution is 2.34. The average molecular weight is 463 g/mol. The number of rotatable bonds is 5. The van der Waals surface area contributed by atoms with Gasteiger partial charge in [-0.15, -0.1) is 11.3 Å². The number of nitrogens with one attached hydrogen (secondary N) is 2. The number of quaternary nitrogens is 1. The lowest BCUT2D eigenvalue weighted by Crippen LogP contribution is -3.13. The number of hydrogen-bond donors (Lipinski definition) is 2. The fourth-order valence-electron chi connectivity index (χ4n) is 4.13. The Morgan fingerprint density at radius 1 is 1.29 bits per heavy atom. The maximum absolute atomic E-state index is 12.3. The molecule has 0 atom stereocenters. The first kappa shape index (κ1) is 21.9. The van der Waals surface area contributed by atoms with Crippen LogP contribution in [0.4, 0.5) is 5.00 Å². The molecule has 1 saturated heterocycles. The van der Waals surface area contributed by atoms with Crippen LogP contribution in [-0.4, -0.2) is 56.1 Å². The van der Waals surface area contributed by atoms with Gasteiger partial charge in [-0.1, -0.05) is 6.92 Å². The van der Waals surface area contributed by atoms with Crippen LogP contribution in [0, 0.1) is 6.92 Å². The molecule has 0 aliphatic carbocycles. The van der Waals surface area contributed by atoms with E-state index in [-0.39, 0.29) is 5.97 Å². The van der Waals surface area contributed by atoms with Gasteiger partial charge in [0.25, 0.3) is 0 Å².